The Hall–Kier alpha value is -3.49. The molecule has 0 bridgehead atoms. The van der Waals surface area contributed by atoms with Gasteiger partial charge in [-0.2, -0.15) is 0 Å². The molecule has 5 rings (SSSR count). The third-order valence-electron chi connectivity index (χ3n) is 6.14. The van der Waals surface area contributed by atoms with Crippen LogP contribution in [0.15, 0.2) is 64.5 Å². The van der Waals surface area contributed by atoms with Crippen LogP contribution in [-0.2, 0) is 22.6 Å². The maximum Gasteiger partial charge on any atom is 0.268 e. The first kappa shape index (κ1) is 24.2. The van der Waals surface area contributed by atoms with Gasteiger partial charge in [0.15, 0.2) is 10.8 Å². The minimum atomic E-state index is -0.324. The van der Waals surface area contributed by atoms with Crippen LogP contribution in [0.1, 0.15) is 36.2 Å². The number of carbonyl (C=O) groups excluding carboxylic acids is 1. The van der Waals surface area contributed by atoms with E-state index in [-0.39, 0.29) is 22.8 Å². The summed E-state index contributed by atoms with van der Waals surface area (Å²) in [5, 5.41) is 3.77. The number of nitrogens with zero attached hydrogens (tertiary/aromatic N) is 3. The summed E-state index contributed by atoms with van der Waals surface area (Å²) in [6.45, 7) is 8.43. The first-order chi connectivity index (χ1) is 17.2. The molecule has 1 amide bonds. The Kier molecular flexibility index (Phi) is 6.40. The Labute approximate surface area is 213 Å². The molecule has 36 heavy (non-hydrogen) atoms. The molecule has 1 aliphatic heterocycles. The molecular formula is C28H28N4O3S. The minimum Gasteiger partial charge on any atom is -0.370 e. The van der Waals surface area contributed by atoms with Crippen molar-refractivity contribution in [3.63, 3.8) is 0 Å². The van der Waals surface area contributed by atoms with Crippen molar-refractivity contribution in [1.82, 2.24) is 14.5 Å². The van der Waals surface area contributed by atoms with E-state index >= 15 is 0 Å². The van der Waals surface area contributed by atoms with Crippen LogP contribution in [0.2, 0.25) is 0 Å². The van der Waals surface area contributed by atoms with Crippen LogP contribution in [0.25, 0.3) is 16.7 Å². The Morgan fingerprint density at radius 2 is 1.86 bits per heavy atom. The summed E-state index contributed by atoms with van der Waals surface area (Å²) >= 11 is 1.22. The number of benzene rings is 2. The van der Waals surface area contributed by atoms with Crippen molar-refractivity contribution in [3.8, 4) is 5.69 Å². The standard InChI is InChI=1S/C28H28N4O3S/c1-17-8-10-20(11-9-17)29-24(33)16-36-27-31-25-22(13-19-15-35-28(3,4)14-23(19)30-25)26(34)32(27)21-7-5-6-18(2)12-21/h5-13H,14-16H2,1-4H3,(H,29,33). The molecule has 0 saturated heterocycles. The summed E-state index contributed by atoms with van der Waals surface area (Å²) in [5.41, 5.74) is 5.23. The van der Waals surface area contributed by atoms with Gasteiger partial charge in [0.05, 0.1) is 34.7 Å². The molecule has 7 nitrogen and oxygen atoms in total. The molecule has 184 valence electrons. The highest BCUT2D eigenvalue weighted by Crippen LogP contribution is 2.29. The molecule has 0 atom stereocenters. The van der Waals surface area contributed by atoms with E-state index in [0.29, 0.717) is 34.9 Å². The van der Waals surface area contributed by atoms with Gasteiger partial charge in [-0.15, -0.1) is 0 Å². The average Bonchev–Trinajstić information content (AvgIpc) is 2.83. The monoisotopic (exact) mass is 500 g/mol. The van der Waals surface area contributed by atoms with Gasteiger partial charge in [-0.1, -0.05) is 41.6 Å². The lowest BCUT2D eigenvalue weighted by Gasteiger charge is -2.31. The van der Waals surface area contributed by atoms with E-state index in [0.717, 1.165) is 28.1 Å². The lowest BCUT2D eigenvalue weighted by Crippen LogP contribution is -2.33. The zero-order valence-electron chi connectivity index (χ0n) is 20.8. The van der Waals surface area contributed by atoms with Crippen LogP contribution in [0.5, 0.6) is 0 Å². The zero-order valence-corrected chi connectivity index (χ0v) is 21.6. The maximum absolute atomic E-state index is 13.8. The Morgan fingerprint density at radius 3 is 2.61 bits per heavy atom. The number of hydrogen-bond donors (Lipinski definition) is 1. The fraction of sp³-hybridized carbons (Fsp3) is 0.286. The third-order valence-corrected chi connectivity index (χ3v) is 7.08. The van der Waals surface area contributed by atoms with Gasteiger partial charge in [-0.3, -0.25) is 14.2 Å². The topological polar surface area (TPSA) is 86.1 Å². The van der Waals surface area contributed by atoms with E-state index in [9.17, 15) is 9.59 Å². The van der Waals surface area contributed by atoms with Crippen molar-refractivity contribution in [1.29, 1.82) is 0 Å². The molecule has 1 aliphatic rings. The van der Waals surface area contributed by atoms with Gasteiger partial charge in [-0.05, 0) is 63.6 Å². The van der Waals surface area contributed by atoms with Crippen LogP contribution < -0.4 is 10.9 Å². The lowest BCUT2D eigenvalue weighted by atomic mass is 9.95. The second-order valence-corrected chi connectivity index (χ2v) is 10.7. The fourth-order valence-corrected chi connectivity index (χ4v) is 5.03. The van der Waals surface area contributed by atoms with E-state index in [1.807, 2.05) is 82.3 Å². The van der Waals surface area contributed by atoms with Gasteiger partial charge in [0.25, 0.3) is 5.56 Å². The first-order valence-corrected chi connectivity index (χ1v) is 12.8. The number of hydrogen-bond acceptors (Lipinski definition) is 6. The Morgan fingerprint density at radius 1 is 1.08 bits per heavy atom. The number of pyridine rings is 1. The number of anilines is 1. The number of aromatic nitrogens is 3. The summed E-state index contributed by atoms with van der Waals surface area (Å²) < 4.78 is 7.51. The molecule has 0 saturated carbocycles. The highest BCUT2D eigenvalue weighted by Gasteiger charge is 2.28. The fourth-order valence-electron chi connectivity index (χ4n) is 4.23. The Bertz CT molecular complexity index is 1530. The van der Waals surface area contributed by atoms with E-state index in [1.54, 1.807) is 4.57 Å². The summed E-state index contributed by atoms with van der Waals surface area (Å²) in [6, 6.07) is 17.2. The molecule has 8 heteroatoms. The summed E-state index contributed by atoms with van der Waals surface area (Å²) in [5.74, 6) is -0.0741. The number of thioether (sulfide) groups is 1. The van der Waals surface area contributed by atoms with Crippen molar-refractivity contribution in [3.05, 3.63) is 87.3 Å². The molecule has 1 N–H and O–H groups in total. The summed E-state index contributed by atoms with van der Waals surface area (Å²) in [7, 11) is 0. The highest BCUT2D eigenvalue weighted by atomic mass is 32.2. The molecule has 0 fully saturated rings. The molecule has 4 aromatic rings. The number of aryl methyl sites for hydroxylation is 2. The van der Waals surface area contributed by atoms with Crippen LogP contribution >= 0.6 is 11.8 Å². The molecule has 0 spiro atoms. The first-order valence-electron chi connectivity index (χ1n) is 11.8. The van der Waals surface area contributed by atoms with Crippen molar-refractivity contribution >= 4 is 34.4 Å². The highest BCUT2D eigenvalue weighted by molar-refractivity contribution is 7.99. The van der Waals surface area contributed by atoms with Crippen LogP contribution in [-0.4, -0.2) is 31.8 Å². The van der Waals surface area contributed by atoms with Crippen LogP contribution in [0, 0.1) is 13.8 Å². The predicted octanol–water partition coefficient (Wildman–Crippen LogP) is 4.98. The third kappa shape index (κ3) is 5.05. The SMILES string of the molecule is Cc1ccc(NC(=O)CSc2nc3nc4c(cc3c(=O)n2-c2cccc(C)c2)COC(C)(C)C4)cc1. The number of ether oxygens (including phenoxy) is 1. The van der Waals surface area contributed by atoms with E-state index in [2.05, 4.69) is 5.32 Å². The van der Waals surface area contributed by atoms with E-state index < -0.39 is 0 Å². The molecule has 2 aromatic heterocycles. The molecule has 2 aromatic carbocycles. The minimum absolute atomic E-state index is 0.101. The molecule has 0 radical (unpaired) electrons. The van der Waals surface area contributed by atoms with Gasteiger partial charge in [-0.25, -0.2) is 9.97 Å². The Balaban J connectivity index is 1.54. The second-order valence-electron chi connectivity index (χ2n) is 9.77. The molecule has 0 unspecified atom stereocenters. The van der Waals surface area contributed by atoms with Crippen molar-refractivity contribution in [2.75, 3.05) is 11.1 Å². The van der Waals surface area contributed by atoms with Crippen LogP contribution in [0.4, 0.5) is 5.69 Å². The lowest BCUT2D eigenvalue weighted by molar-refractivity contribution is -0.113. The van der Waals surface area contributed by atoms with Gasteiger partial charge >= 0.3 is 0 Å². The van der Waals surface area contributed by atoms with Crippen molar-refractivity contribution in [2.24, 2.45) is 0 Å². The van der Waals surface area contributed by atoms with E-state index in [1.165, 1.54) is 11.8 Å². The second kappa shape index (κ2) is 9.52. The number of fused-ring (bicyclic) bond motifs is 2. The predicted molar refractivity (Wildman–Crippen MR) is 143 cm³/mol. The molecular weight excluding hydrogens is 472 g/mol. The average molecular weight is 501 g/mol. The van der Waals surface area contributed by atoms with Gasteiger partial charge < -0.3 is 10.1 Å². The van der Waals surface area contributed by atoms with Crippen molar-refractivity contribution < 1.29 is 9.53 Å². The molecule has 3 heterocycles. The van der Waals surface area contributed by atoms with Gasteiger partial charge in [0.2, 0.25) is 5.91 Å². The summed E-state index contributed by atoms with van der Waals surface area (Å²) in [6.07, 6.45) is 0.641. The zero-order chi connectivity index (χ0) is 25.4. The summed E-state index contributed by atoms with van der Waals surface area (Å²) in [4.78, 5) is 36.0. The molecule has 0 aliphatic carbocycles. The van der Waals surface area contributed by atoms with Gasteiger partial charge in [0, 0.05) is 17.7 Å². The number of nitrogens with one attached hydrogen (secondary N) is 1. The van der Waals surface area contributed by atoms with Crippen molar-refractivity contribution in [2.45, 2.75) is 51.5 Å². The van der Waals surface area contributed by atoms with Gasteiger partial charge in [0.1, 0.15) is 0 Å². The van der Waals surface area contributed by atoms with Crippen LogP contribution in [0.3, 0.4) is 0 Å². The largest absolute Gasteiger partial charge is 0.370 e. The maximum atomic E-state index is 13.8. The quantitative estimate of drug-likeness (QED) is 0.307. The number of amides is 1. The normalized spacial score (nSPS) is 14.4. The van der Waals surface area contributed by atoms with E-state index in [4.69, 9.17) is 14.7 Å². The number of carbonyl (C=O) groups is 1. The smallest absolute Gasteiger partial charge is 0.268 e. The number of rotatable bonds is 5.